The van der Waals surface area contributed by atoms with Gasteiger partial charge in [0.05, 0.1) is 0 Å². The van der Waals surface area contributed by atoms with E-state index in [1.807, 2.05) is 30.3 Å². The quantitative estimate of drug-likeness (QED) is 0.818. The van der Waals surface area contributed by atoms with E-state index in [4.69, 9.17) is 12.2 Å². The lowest BCUT2D eigenvalue weighted by Gasteiger charge is -2.15. The second-order valence-electron chi connectivity index (χ2n) is 5.98. The summed E-state index contributed by atoms with van der Waals surface area (Å²) >= 11 is 5.35. The van der Waals surface area contributed by atoms with E-state index in [-0.39, 0.29) is 0 Å². The van der Waals surface area contributed by atoms with E-state index in [0.29, 0.717) is 5.11 Å². The molecule has 0 amide bonds. The van der Waals surface area contributed by atoms with Gasteiger partial charge in [0.25, 0.3) is 0 Å². The largest absolute Gasteiger partial charge is 0.358 e. The van der Waals surface area contributed by atoms with Crippen LogP contribution in [0.3, 0.4) is 0 Å². The zero-order chi connectivity index (χ0) is 15.9. The van der Waals surface area contributed by atoms with Crippen molar-refractivity contribution in [3.63, 3.8) is 0 Å². The van der Waals surface area contributed by atoms with E-state index < -0.39 is 0 Å². The highest BCUT2D eigenvalue weighted by atomic mass is 32.1. The summed E-state index contributed by atoms with van der Waals surface area (Å²) in [6, 6.07) is 18.8. The second kappa shape index (κ2) is 8.09. The molecule has 2 N–H and O–H groups in total. The Kier molecular flexibility index (Phi) is 5.61. The summed E-state index contributed by atoms with van der Waals surface area (Å²) in [5.74, 6) is 0. The monoisotopic (exact) mass is 325 g/mol. The highest BCUT2D eigenvalue weighted by Gasteiger charge is 2.11. The fourth-order valence-corrected chi connectivity index (χ4v) is 3.11. The van der Waals surface area contributed by atoms with Gasteiger partial charge in [0.1, 0.15) is 0 Å². The van der Waals surface area contributed by atoms with Crippen molar-refractivity contribution in [3.8, 4) is 0 Å². The van der Waals surface area contributed by atoms with E-state index >= 15 is 0 Å². The first kappa shape index (κ1) is 16.0. The molecule has 1 aliphatic heterocycles. The Morgan fingerprint density at radius 3 is 2.48 bits per heavy atom. The molecule has 120 valence electrons. The molecule has 3 nitrogen and oxygen atoms in total. The zero-order valence-electron chi connectivity index (χ0n) is 13.3. The molecular formula is C19H23N3S. The van der Waals surface area contributed by atoms with Crippen molar-refractivity contribution in [2.75, 3.05) is 18.4 Å². The normalized spacial score (nSPS) is 14.6. The maximum absolute atomic E-state index is 5.35. The van der Waals surface area contributed by atoms with Crippen molar-refractivity contribution in [2.24, 2.45) is 0 Å². The molecule has 0 aliphatic carbocycles. The van der Waals surface area contributed by atoms with Gasteiger partial charge in [-0.15, -0.1) is 0 Å². The second-order valence-corrected chi connectivity index (χ2v) is 6.39. The lowest BCUT2D eigenvalue weighted by Crippen LogP contribution is -2.27. The number of thiocarbonyl (C=S) groups is 1. The van der Waals surface area contributed by atoms with Crippen molar-refractivity contribution >= 4 is 23.0 Å². The number of benzene rings is 2. The first-order valence-electron chi connectivity index (χ1n) is 8.20. The molecule has 3 rings (SSSR count). The number of rotatable bonds is 5. The Balaban J connectivity index is 1.50. The van der Waals surface area contributed by atoms with Crippen LogP contribution in [0.5, 0.6) is 0 Å². The maximum Gasteiger partial charge on any atom is 0.171 e. The Morgan fingerprint density at radius 1 is 0.957 bits per heavy atom. The number of nitrogens with one attached hydrogen (secondary N) is 2. The van der Waals surface area contributed by atoms with E-state index in [1.165, 1.54) is 37.1 Å². The molecule has 0 spiro atoms. The highest BCUT2D eigenvalue weighted by Crippen LogP contribution is 2.14. The van der Waals surface area contributed by atoms with Gasteiger partial charge in [-0.05, 0) is 61.4 Å². The van der Waals surface area contributed by atoms with Gasteiger partial charge in [-0.2, -0.15) is 0 Å². The first-order chi connectivity index (χ1) is 11.3. The van der Waals surface area contributed by atoms with Crippen LogP contribution in [0, 0.1) is 0 Å². The van der Waals surface area contributed by atoms with Gasteiger partial charge >= 0.3 is 0 Å². The molecule has 4 heteroatoms. The predicted octanol–water partition coefficient (Wildman–Crippen LogP) is 3.77. The van der Waals surface area contributed by atoms with Gasteiger partial charge in [-0.3, -0.25) is 4.90 Å². The number of anilines is 1. The third-order valence-electron chi connectivity index (χ3n) is 4.08. The summed E-state index contributed by atoms with van der Waals surface area (Å²) in [5.41, 5.74) is 3.65. The van der Waals surface area contributed by atoms with E-state index in [9.17, 15) is 0 Å². The van der Waals surface area contributed by atoms with Crippen molar-refractivity contribution in [1.82, 2.24) is 10.2 Å². The fraction of sp³-hybridized carbons (Fsp3) is 0.316. The van der Waals surface area contributed by atoms with E-state index in [1.54, 1.807) is 0 Å². The summed E-state index contributed by atoms with van der Waals surface area (Å²) in [6.07, 6.45) is 2.67. The molecule has 1 fully saturated rings. The number of para-hydroxylation sites is 1. The van der Waals surface area contributed by atoms with Crippen LogP contribution in [0.25, 0.3) is 0 Å². The van der Waals surface area contributed by atoms with Gasteiger partial charge < -0.3 is 10.6 Å². The average molecular weight is 325 g/mol. The van der Waals surface area contributed by atoms with Gasteiger partial charge in [0.2, 0.25) is 0 Å². The van der Waals surface area contributed by atoms with Gasteiger partial charge in [0, 0.05) is 18.8 Å². The number of likely N-dealkylation sites (tertiary alicyclic amines) is 1. The highest BCUT2D eigenvalue weighted by molar-refractivity contribution is 7.80. The van der Waals surface area contributed by atoms with Crippen LogP contribution in [0.1, 0.15) is 24.0 Å². The molecule has 1 heterocycles. The third-order valence-corrected chi connectivity index (χ3v) is 4.33. The molecule has 0 unspecified atom stereocenters. The van der Waals surface area contributed by atoms with Crippen LogP contribution < -0.4 is 10.6 Å². The van der Waals surface area contributed by atoms with Crippen molar-refractivity contribution in [1.29, 1.82) is 0 Å². The van der Waals surface area contributed by atoms with E-state index in [0.717, 1.165) is 18.8 Å². The van der Waals surface area contributed by atoms with Gasteiger partial charge in [0.15, 0.2) is 5.11 Å². The van der Waals surface area contributed by atoms with Gasteiger partial charge in [-0.25, -0.2) is 0 Å². The molecule has 23 heavy (non-hydrogen) atoms. The molecule has 2 aromatic rings. The van der Waals surface area contributed by atoms with E-state index in [2.05, 4.69) is 39.8 Å². The summed E-state index contributed by atoms with van der Waals surface area (Å²) < 4.78 is 0. The van der Waals surface area contributed by atoms with Crippen LogP contribution in [0.2, 0.25) is 0 Å². The van der Waals surface area contributed by atoms with Crippen molar-refractivity contribution in [2.45, 2.75) is 25.9 Å². The number of hydrogen-bond acceptors (Lipinski definition) is 2. The lowest BCUT2D eigenvalue weighted by molar-refractivity contribution is 0.331. The maximum atomic E-state index is 5.35. The molecule has 0 aromatic heterocycles. The van der Waals surface area contributed by atoms with Crippen LogP contribution in [-0.2, 0) is 13.1 Å². The van der Waals surface area contributed by atoms with Crippen LogP contribution in [0.4, 0.5) is 5.69 Å². The molecule has 2 aromatic carbocycles. The lowest BCUT2D eigenvalue weighted by atomic mass is 10.1. The van der Waals surface area contributed by atoms with Crippen LogP contribution >= 0.6 is 12.2 Å². The minimum atomic E-state index is 0.654. The minimum absolute atomic E-state index is 0.654. The summed E-state index contributed by atoms with van der Waals surface area (Å²) in [7, 11) is 0. The molecule has 1 saturated heterocycles. The van der Waals surface area contributed by atoms with Gasteiger partial charge in [-0.1, -0.05) is 42.5 Å². The topological polar surface area (TPSA) is 27.3 Å². The molecular weight excluding hydrogens is 302 g/mol. The average Bonchev–Trinajstić information content (AvgIpc) is 3.07. The Labute approximate surface area is 143 Å². The minimum Gasteiger partial charge on any atom is -0.358 e. The van der Waals surface area contributed by atoms with Crippen molar-refractivity contribution in [3.05, 3.63) is 65.7 Å². The molecule has 0 atom stereocenters. The number of nitrogens with zero attached hydrogens (tertiary/aromatic N) is 1. The first-order valence-corrected chi connectivity index (χ1v) is 8.60. The molecule has 0 saturated carbocycles. The predicted molar refractivity (Wildman–Crippen MR) is 100 cm³/mol. The van der Waals surface area contributed by atoms with Crippen molar-refractivity contribution < 1.29 is 0 Å². The summed E-state index contributed by atoms with van der Waals surface area (Å²) in [5, 5.41) is 7.13. The number of hydrogen-bond donors (Lipinski definition) is 2. The fourth-order valence-electron chi connectivity index (χ4n) is 2.92. The van der Waals surface area contributed by atoms with Crippen LogP contribution in [0.15, 0.2) is 54.6 Å². The Hall–Kier alpha value is -1.91. The zero-order valence-corrected chi connectivity index (χ0v) is 14.1. The van der Waals surface area contributed by atoms with Crippen LogP contribution in [-0.4, -0.2) is 23.1 Å². The summed E-state index contributed by atoms with van der Waals surface area (Å²) in [6.45, 7) is 4.26. The molecule has 1 aliphatic rings. The molecule has 0 radical (unpaired) electrons. The Morgan fingerprint density at radius 2 is 1.70 bits per heavy atom. The summed E-state index contributed by atoms with van der Waals surface area (Å²) in [4.78, 5) is 2.52. The molecule has 0 bridgehead atoms. The third kappa shape index (κ3) is 5.05. The smallest absolute Gasteiger partial charge is 0.171 e. The standard InChI is InChI=1S/C19H23N3S/c23-19(21-18-9-2-1-3-10-18)20-14-16-7-6-8-17(13-16)15-22-11-4-5-12-22/h1-3,6-10,13H,4-5,11-12,14-15H2,(H2,20,21,23). The Bertz CT molecular complexity index is 636. The SMILES string of the molecule is S=C(NCc1cccc(CN2CCCC2)c1)Nc1ccccc1.